The summed E-state index contributed by atoms with van der Waals surface area (Å²) in [5.41, 5.74) is 1.16. The predicted molar refractivity (Wildman–Crippen MR) is 77.7 cm³/mol. The van der Waals surface area contributed by atoms with Gasteiger partial charge in [0.05, 0.1) is 6.10 Å². The molecule has 102 valence electrons. The standard InChI is InChI=1S/C14H13Cl3O2/c15-9-4-5-10(12(16)6-9)14(19)11-3-1-2-8(7-18)13(11)17/h4-7,11,14,19H,1-3H2/t11-,14-/m1/s1. The maximum atomic E-state index is 10.9. The summed E-state index contributed by atoms with van der Waals surface area (Å²) in [4.78, 5) is 10.9. The van der Waals surface area contributed by atoms with E-state index in [0.717, 1.165) is 19.1 Å². The van der Waals surface area contributed by atoms with Crippen molar-refractivity contribution in [2.24, 2.45) is 5.92 Å². The Hall–Kier alpha value is -0.540. The Morgan fingerprint density at radius 3 is 2.68 bits per heavy atom. The van der Waals surface area contributed by atoms with E-state index in [1.165, 1.54) is 0 Å². The summed E-state index contributed by atoms with van der Waals surface area (Å²) in [6.45, 7) is 0. The molecule has 0 spiro atoms. The fourth-order valence-corrected chi connectivity index (χ4v) is 3.25. The van der Waals surface area contributed by atoms with E-state index in [0.29, 0.717) is 32.6 Å². The normalized spacial score (nSPS) is 21.4. The van der Waals surface area contributed by atoms with E-state index >= 15 is 0 Å². The number of aliphatic hydroxyl groups is 1. The maximum absolute atomic E-state index is 10.9. The second kappa shape index (κ2) is 6.27. The first-order valence-electron chi connectivity index (χ1n) is 6.01. The van der Waals surface area contributed by atoms with Gasteiger partial charge in [0.2, 0.25) is 0 Å². The van der Waals surface area contributed by atoms with Gasteiger partial charge in [0.25, 0.3) is 0 Å². The summed E-state index contributed by atoms with van der Waals surface area (Å²) in [5.74, 6) is -0.283. The van der Waals surface area contributed by atoms with Gasteiger partial charge in [-0.2, -0.15) is 0 Å². The summed E-state index contributed by atoms with van der Waals surface area (Å²) in [6.07, 6.45) is 2.17. The van der Waals surface area contributed by atoms with Crippen LogP contribution in [0.4, 0.5) is 0 Å². The highest BCUT2D eigenvalue weighted by Crippen LogP contribution is 2.41. The molecule has 2 nitrogen and oxygen atoms in total. The molecule has 1 aromatic rings. The van der Waals surface area contributed by atoms with Crippen molar-refractivity contribution in [2.45, 2.75) is 25.4 Å². The molecule has 0 saturated heterocycles. The number of carbonyl (C=O) groups is 1. The van der Waals surface area contributed by atoms with Gasteiger partial charge in [0.15, 0.2) is 0 Å². The number of aldehydes is 1. The Labute approximate surface area is 127 Å². The summed E-state index contributed by atoms with van der Waals surface area (Å²) < 4.78 is 0. The van der Waals surface area contributed by atoms with E-state index in [1.807, 2.05) is 0 Å². The lowest BCUT2D eigenvalue weighted by Gasteiger charge is -2.28. The van der Waals surface area contributed by atoms with Crippen LogP contribution >= 0.6 is 34.8 Å². The van der Waals surface area contributed by atoms with Crippen molar-refractivity contribution in [3.63, 3.8) is 0 Å². The smallest absolute Gasteiger partial charge is 0.147 e. The van der Waals surface area contributed by atoms with Crippen LogP contribution in [-0.4, -0.2) is 11.4 Å². The molecular weight excluding hydrogens is 307 g/mol. The molecule has 2 atom stereocenters. The highest BCUT2D eigenvalue weighted by molar-refractivity contribution is 6.35. The van der Waals surface area contributed by atoms with E-state index in [1.54, 1.807) is 18.2 Å². The Bertz CT molecular complexity index is 525. The van der Waals surface area contributed by atoms with Crippen LogP contribution in [0.2, 0.25) is 10.0 Å². The number of hydrogen-bond acceptors (Lipinski definition) is 2. The lowest BCUT2D eigenvalue weighted by Crippen LogP contribution is -2.18. The number of halogens is 3. The van der Waals surface area contributed by atoms with Crippen LogP contribution in [0.5, 0.6) is 0 Å². The molecule has 5 heteroatoms. The summed E-state index contributed by atoms with van der Waals surface area (Å²) in [5, 5.41) is 11.8. The van der Waals surface area contributed by atoms with Gasteiger partial charge in [-0.25, -0.2) is 0 Å². The number of rotatable bonds is 3. The van der Waals surface area contributed by atoms with E-state index in [2.05, 4.69) is 0 Å². The topological polar surface area (TPSA) is 37.3 Å². The molecule has 1 aliphatic carbocycles. The van der Waals surface area contributed by atoms with Crippen LogP contribution in [0.25, 0.3) is 0 Å². The Kier molecular flexibility index (Phi) is 4.91. The van der Waals surface area contributed by atoms with E-state index < -0.39 is 6.10 Å². The molecule has 19 heavy (non-hydrogen) atoms. The molecule has 0 amide bonds. The van der Waals surface area contributed by atoms with Crippen LogP contribution in [0.15, 0.2) is 28.8 Å². The van der Waals surface area contributed by atoms with Gasteiger partial charge in [-0.15, -0.1) is 0 Å². The molecule has 0 bridgehead atoms. The van der Waals surface area contributed by atoms with E-state index in [9.17, 15) is 9.90 Å². The van der Waals surface area contributed by atoms with Crippen molar-refractivity contribution in [1.29, 1.82) is 0 Å². The third kappa shape index (κ3) is 3.14. The minimum atomic E-state index is -0.826. The second-order valence-electron chi connectivity index (χ2n) is 4.60. The Morgan fingerprint density at radius 2 is 2.05 bits per heavy atom. The van der Waals surface area contributed by atoms with Gasteiger partial charge in [-0.1, -0.05) is 40.9 Å². The molecular formula is C14H13Cl3O2. The minimum absolute atomic E-state index is 0.283. The third-order valence-electron chi connectivity index (χ3n) is 3.40. The summed E-state index contributed by atoms with van der Waals surface area (Å²) >= 11 is 18.1. The van der Waals surface area contributed by atoms with Crippen molar-refractivity contribution < 1.29 is 9.90 Å². The van der Waals surface area contributed by atoms with Crippen molar-refractivity contribution >= 4 is 41.1 Å². The molecule has 0 radical (unpaired) electrons. The first-order chi connectivity index (χ1) is 9.04. The van der Waals surface area contributed by atoms with Crippen molar-refractivity contribution in [3.8, 4) is 0 Å². The van der Waals surface area contributed by atoms with Gasteiger partial charge in [0.1, 0.15) is 6.29 Å². The quantitative estimate of drug-likeness (QED) is 0.832. The van der Waals surface area contributed by atoms with Crippen LogP contribution < -0.4 is 0 Å². The zero-order chi connectivity index (χ0) is 14.0. The van der Waals surface area contributed by atoms with Gasteiger partial charge in [0, 0.05) is 26.6 Å². The monoisotopic (exact) mass is 318 g/mol. The molecule has 0 aromatic heterocycles. The highest BCUT2D eigenvalue weighted by Gasteiger charge is 2.30. The SMILES string of the molecule is O=CC1=C(Cl)[C@H]([C@H](O)c2ccc(Cl)cc2Cl)CCC1. The lowest BCUT2D eigenvalue weighted by atomic mass is 9.84. The molecule has 0 aliphatic heterocycles. The zero-order valence-electron chi connectivity index (χ0n) is 10.1. The van der Waals surface area contributed by atoms with E-state index in [-0.39, 0.29) is 5.92 Å². The average molecular weight is 320 g/mol. The van der Waals surface area contributed by atoms with Gasteiger partial charge in [-0.3, -0.25) is 4.79 Å². The molecule has 0 fully saturated rings. The molecule has 1 aromatic carbocycles. The Balaban J connectivity index is 2.33. The second-order valence-corrected chi connectivity index (χ2v) is 5.85. The predicted octanol–water partition coefficient (Wildman–Crippen LogP) is 4.52. The molecule has 0 unspecified atom stereocenters. The molecule has 0 heterocycles. The maximum Gasteiger partial charge on any atom is 0.147 e. The molecule has 0 saturated carbocycles. The number of aliphatic hydroxyl groups excluding tert-OH is 1. The lowest BCUT2D eigenvalue weighted by molar-refractivity contribution is -0.105. The first-order valence-corrected chi connectivity index (χ1v) is 7.14. The van der Waals surface area contributed by atoms with Crippen LogP contribution in [0, 0.1) is 5.92 Å². The van der Waals surface area contributed by atoms with Gasteiger partial charge >= 0.3 is 0 Å². The highest BCUT2D eigenvalue weighted by atomic mass is 35.5. The largest absolute Gasteiger partial charge is 0.388 e. The number of allylic oxidation sites excluding steroid dienone is 1. The molecule has 2 rings (SSSR count). The number of benzene rings is 1. The third-order valence-corrected chi connectivity index (χ3v) is 4.48. The summed E-state index contributed by atoms with van der Waals surface area (Å²) in [7, 11) is 0. The van der Waals surface area contributed by atoms with Crippen molar-refractivity contribution in [3.05, 3.63) is 44.4 Å². The zero-order valence-corrected chi connectivity index (χ0v) is 12.3. The Morgan fingerprint density at radius 1 is 1.32 bits per heavy atom. The molecule has 1 N–H and O–H groups in total. The first kappa shape index (κ1) is 14.9. The fourth-order valence-electron chi connectivity index (χ4n) is 2.37. The average Bonchev–Trinajstić information content (AvgIpc) is 2.38. The number of hydrogen-bond donors (Lipinski definition) is 1. The van der Waals surface area contributed by atoms with Gasteiger partial charge < -0.3 is 5.11 Å². The molecule has 1 aliphatic rings. The summed E-state index contributed by atoms with van der Waals surface area (Å²) in [6, 6.07) is 4.95. The van der Waals surface area contributed by atoms with E-state index in [4.69, 9.17) is 34.8 Å². The number of carbonyl (C=O) groups excluding carboxylic acids is 1. The van der Waals surface area contributed by atoms with Gasteiger partial charge in [-0.05, 0) is 37.0 Å². The van der Waals surface area contributed by atoms with Crippen molar-refractivity contribution in [2.75, 3.05) is 0 Å². The van der Waals surface area contributed by atoms with Crippen LogP contribution in [-0.2, 0) is 4.79 Å². The van der Waals surface area contributed by atoms with Crippen LogP contribution in [0.3, 0.4) is 0 Å². The fraction of sp³-hybridized carbons (Fsp3) is 0.357. The van der Waals surface area contributed by atoms with Crippen LogP contribution in [0.1, 0.15) is 30.9 Å². The minimum Gasteiger partial charge on any atom is -0.388 e. The van der Waals surface area contributed by atoms with Crippen molar-refractivity contribution in [1.82, 2.24) is 0 Å².